The van der Waals surface area contributed by atoms with Crippen LogP contribution in [0.4, 0.5) is 5.95 Å². The summed E-state index contributed by atoms with van der Waals surface area (Å²) in [4.78, 5) is 29.3. The summed E-state index contributed by atoms with van der Waals surface area (Å²) in [7, 11) is 0. The van der Waals surface area contributed by atoms with Gasteiger partial charge in [-0.25, -0.2) is 19.3 Å². The van der Waals surface area contributed by atoms with Gasteiger partial charge in [-0.2, -0.15) is 0 Å². The van der Waals surface area contributed by atoms with Crippen molar-refractivity contribution in [1.82, 2.24) is 24.9 Å². The number of nitrogens with one attached hydrogen (secondary N) is 2. The Balaban J connectivity index is 2.19. The smallest absolute Gasteiger partial charge is 0.355 e. The summed E-state index contributed by atoms with van der Waals surface area (Å²) < 4.78 is 1.33. The van der Waals surface area contributed by atoms with Gasteiger partial charge in [-0.15, -0.1) is 5.10 Å². The van der Waals surface area contributed by atoms with Gasteiger partial charge in [0.1, 0.15) is 0 Å². The number of nitrogens with zero attached hydrogens (tertiary/aromatic N) is 4. The molecule has 9 nitrogen and oxygen atoms in total. The zero-order chi connectivity index (χ0) is 14.3. The number of fused-ring (bicyclic) bond motifs is 1. The third kappa shape index (κ3) is 1.83. The minimum absolute atomic E-state index is 0.104. The van der Waals surface area contributed by atoms with Crippen LogP contribution in [0.25, 0.3) is 5.78 Å². The highest BCUT2D eigenvalue weighted by Crippen LogP contribution is 2.12. The average molecular weight is 278 g/mol. The summed E-state index contributed by atoms with van der Waals surface area (Å²) in [6, 6.07) is 0. The standard InChI is InChI=1S/C11H14N6O3/c1-6-7(9(19)20)13-10-14-15-11(17(10)8(6)18)16-4-2-12-3-5-16/h12H,2-5H2,1H3,(H,13,14)(H,19,20). The third-order valence-electron chi connectivity index (χ3n) is 3.37. The topological polar surface area (TPSA) is 116 Å². The minimum atomic E-state index is -1.22. The number of hydrogen-bond acceptors (Lipinski definition) is 6. The first-order valence-corrected chi connectivity index (χ1v) is 6.26. The molecule has 106 valence electrons. The van der Waals surface area contributed by atoms with Crippen molar-refractivity contribution in [2.24, 2.45) is 0 Å². The van der Waals surface area contributed by atoms with E-state index in [0.29, 0.717) is 5.95 Å². The number of H-pyrrole nitrogens is 1. The molecule has 1 saturated heterocycles. The Labute approximate surface area is 113 Å². The molecule has 0 aromatic carbocycles. The van der Waals surface area contributed by atoms with Crippen molar-refractivity contribution in [3.63, 3.8) is 0 Å². The second kappa shape index (κ2) is 4.60. The zero-order valence-corrected chi connectivity index (χ0v) is 10.9. The van der Waals surface area contributed by atoms with E-state index in [1.165, 1.54) is 11.3 Å². The van der Waals surface area contributed by atoms with Crippen molar-refractivity contribution in [3.8, 4) is 0 Å². The Hall–Kier alpha value is -2.42. The first-order chi connectivity index (χ1) is 9.59. The molecule has 0 aliphatic carbocycles. The van der Waals surface area contributed by atoms with Gasteiger partial charge in [0.15, 0.2) is 5.69 Å². The highest BCUT2D eigenvalue weighted by Gasteiger charge is 2.22. The van der Waals surface area contributed by atoms with Crippen LogP contribution in [0.1, 0.15) is 16.1 Å². The van der Waals surface area contributed by atoms with E-state index in [9.17, 15) is 9.59 Å². The molecule has 0 saturated carbocycles. The Morgan fingerprint density at radius 2 is 2.05 bits per heavy atom. The van der Waals surface area contributed by atoms with Gasteiger partial charge in [0.05, 0.1) is 0 Å². The molecule has 1 aliphatic heterocycles. The summed E-state index contributed by atoms with van der Waals surface area (Å²) in [6.45, 7) is 4.53. The van der Waals surface area contributed by atoms with Crippen molar-refractivity contribution in [2.75, 3.05) is 31.1 Å². The Bertz CT molecular complexity index is 728. The van der Waals surface area contributed by atoms with Gasteiger partial charge in [0.25, 0.3) is 5.56 Å². The van der Waals surface area contributed by atoms with Crippen LogP contribution >= 0.6 is 0 Å². The predicted octanol–water partition coefficient (Wildman–Crippen LogP) is -1.17. The summed E-state index contributed by atoms with van der Waals surface area (Å²) in [6.07, 6.45) is 0. The number of aromatic amines is 1. The fourth-order valence-electron chi connectivity index (χ4n) is 2.30. The van der Waals surface area contributed by atoms with Crippen molar-refractivity contribution < 1.29 is 9.90 Å². The van der Waals surface area contributed by atoms with Gasteiger partial charge < -0.3 is 15.3 Å². The Kier molecular flexibility index (Phi) is 2.90. The molecule has 9 heteroatoms. The first kappa shape index (κ1) is 12.6. The maximum Gasteiger partial charge on any atom is 0.355 e. The lowest BCUT2D eigenvalue weighted by atomic mass is 10.2. The normalized spacial score (nSPS) is 15.8. The molecule has 0 radical (unpaired) electrons. The molecule has 3 rings (SSSR count). The molecule has 0 spiro atoms. The van der Waals surface area contributed by atoms with Crippen LogP contribution in [-0.2, 0) is 0 Å². The summed E-state index contributed by atoms with van der Waals surface area (Å²) in [5, 5.41) is 19.0. The van der Waals surface area contributed by atoms with E-state index in [0.717, 1.165) is 26.2 Å². The van der Waals surface area contributed by atoms with E-state index in [4.69, 9.17) is 5.11 Å². The maximum atomic E-state index is 12.3. The molecular weight excluding hydrogens is 264 g/mol. The summed E-state index contributed by atoms with van der Waals surface area (Å²) in [5.74, 6) is -0.606. The molecule has 3 N–H and O–H groups in total. The van der Waals surface area contributed by atoms with Gasteiger partial charge in [-0.3, -0.25) is 4.79 Å². The van der Waals surface area contributed by atoms with Crippen molar-refractivity contribution in [3.05, 3.63) is 21.6 Å². The van der Waals surface area contributed by atoms with E-state index >= 15 is 0 Å². The molecule has 0 unspecified atom stereocenters. The number of carbonyl (C=O) groups is 1. The quantitative estimate of drug-likeness (QED) is 0.634. The number of hydrogen-bond donors (Lipinski definition) is 3. The molecule has 3 heterocycles. The molecule has 0 bridgehead atoms. The molecule has 2 aromatic heterocycles. The van der Waals surface area contributed by atoms with Crippen molar-refractivity contribution in [2.45, 2.75) is 6.92 Å². The molecule has 0 amide bonds. The van der Waals surface area contributed by atoms with E-state index in [-0.39, 0.29) is 17.0 Å². The Morgan fingerprint density at radius 3 is 2.70 bits per heavy atom. The van der Waals surface area contributed by atoms with Crippen LogP contribution in [0.3, 0.4) is 0 Å². The van der Waals surface area contributed by atoms with E-state index < -0.39 is 11.5 Å². The van der Waals surface area contributed by atoms with Crippen LogP contribution < -0.4 is 15.8 Å². The van der Waals surface area contributed by atoms with Gasteiger partial charge >= 0.3 is 5.97 Å². The van der Waals surface area contributed by atoms with E-state index in [1.54, 1.807) is 0 Å². The highest BCUT2D eigenvalue weighted by atomic mass is 16.4. The Morgan fingerprint density at radius 1 is 1.35 bits per heavy atom. The number of aromatic nitrogens is 4. The number of carboxylic acid groups (broad SMARTS) is 1. The molecular formula is C11H14N6O3. The van der Waals surface area contributed by atoms with E-state index in [2.05, 4.69) is 20.5 Å². The first-order valence-electron chi connectivity index (χ1n) is 6.26. The van der Waals surface area contributed by atoms with Crippen LogP contribution in [0.2, 0.25) is 0 Å². The van der Waals surface area contributed by atoms with Crippen molar-refractivity contribution in [1.29, 1.82) is 0 Å². The number of rotatable bonds is 2. The monoisotopic (exact) mass is 278 g/mol. The third-order valence-corrected chi connectivity index (χ3v) is 3.37. The number of carboxylic acids is 1. The number of piperazine rings is 1. The summed E-state index contributed by atoms with van der Waals surface area (Å²) >= 11 is 0. The predicted molar refractivity (Wildman–Crippen MR) is 70.4 cm³/mol. The molecule has 1 aliphatic rings. The van der Waals surface area contributed by atoms with Gasteiger partial charge in [-0.05, 0) is 6.92 Å². The van der Waals surface area contributed by atoms with E-state index in [1.807, 2.05) is 4.90 Å². The summed E-state index contributed by atoms with van der Waals surface area (Å²) in [5.41, 5.74) is -0.548. The van der Waals surface area contributed by atoms with Gasteiger partial charge in [0.2, 0.25) is 11.7 Å². The molecule has 2 aromatic rings. The highest BCUT2D eigenvalue weighted by molar-refractivity contribution is 5.87. The van der Waals surface area contributed by atoms with Crippen LogP contribution in [0.15, 0.2) is 4.79 Å². The second-order valence-electron chi connectivity index (χ2n) is 4.62. The van der Waals surface area contributed by atoms with Crippen LogP contribution in [-0.4, -0.2) is 56.8 Å². The van der Waals surface area contributed by atoms with Crippen LogP contribution in [0.5, 0.6) is 0 Å². The zero-order valence-electron chi connectivity index (χ0n) is 10.9. The molecule has 0 atom stereocenters. The SMILES string of the molecule is Cc1c(C(=O)O)nc2[nH]nc(N3CCNCC3)n2c1=O. The lowest BCUT2D eigenvalue weighted by molar-refractivity contribution is 0.0689. The number of anilines is 1. The van der Waals surface area contributed by atoms with Crippen molar-refractivity contribution >= 4 is 17.7 Å². The second-order valence-corrected chi connectivity index (χ2v) is 4.62. The maximum absolute atomic E-state index is 12.3. The fourth-order valence-corrected chi connectivity index (χ4v) is 2.30. The average Bonchev–Trinajstić information content (AvgIpc) is 2.87. The largest absolute Gasteiger partial charge is 0.476 e. The molecule has 1 fully saturated rings. The van der Waals surface area contributed by atoms with Gasteiger partial charge in [-0.1, -0.05) is 0 Å². The number of aromatic carboxylic acids is 1. The molecule has 20 heavy (non-hydrogen) atoms. The van der Waals surface area contributed by atoms with Crippen LogP contribution in [0, 0.1) is 6.92 Å². The minimum Gasteiger partial charge on any atom is -0.476 e. The van der Waals surface area contributed by atoms with Gasteiger partial charge in [0, 0.05) is 31.7 Å². The fraction of sp³-hybridized carbons (Fsp3) is 0.455. The lowest BCUT2D eigenvalue weighted by Gasteiger charge is -2.26. The lowest BCUT2D eigenvalue weighted by Crippen LogP contribution is -2.45.